The summed E-state index contributed by atoms with van der Waals surface area (Å²) in [5.74, 6) is 0.600. The number of carbonyl (C=O) groups is 1. The Hall–Kier alpha value is -2.56. The second kappa shape index (κ2) is 10.8. The summed E-state index contributed by atoms with van der Waals surface area (Å²) in [5, 5.41) is 12.0. The number of benzene rings is 2. The monoisotopic (exact) mass is 459 g/mol. The SMILES string of the molecule is CCOc1cc(C#N)cc(Br)c1OCC(=O)NCC(c1ccc(C)cc1)N(C)C. The van der Waals surface area contributed by atoms with Crippen LogP contribution in [-0.4, -0.2) is 44.7 Å². The van der Waals surface area contributed by atoms with E-state index >= 15 is 0 Å². The maximum Gasteiger partial charge on any atom is 0.258 e. The molecule has 0 aliphatic rings. The molecule has 154 valence electrons. The molecule has 0 aliphatic carbocycles. The highest BCUT2D eigenvalue weighted by molar-refractivity contribution is 9.10. The van der Waals surface area contributed by atoms with E-state index in [0.717, 1.165) is 5.56 Å². The van der Waals surface area contributed by atoms with Gasteiger partial charge in [-0.25, -0.2) is 0 Å². The van der Waals surface area contributed by atoms with Crippen LogP contribution in [0.3, 0.4) is 0 Å². The third kappa shape index (κ3) is 6.48. The van der Waals surface area contributed by atoms with Crippen molar-refractivity contribution < 1.29 is 14.3 Å². The fourth-order valence-corrected chi connectivity index (χ4v) is 3.38. The molecule has 2 rings (SSSR count). The number of halogens is 1. The minimum Gasteiger partial charge on any atom is -0.490 e. The Balaban J connectivity index is 2.00. The van der Waals surface area contributed by atoms with Crippen LogP contribution in [0.15, 0.2) is 40.9 Å². The van der Waals surface area contributed by atoms with Crippen LogP contribution >= 0.6 is 15.9 Å². The molecule has 0 spiro atoms. The average molecular weight is 460 g/mol. The van der Waals surface area contributed by atoms with Gasteiger partial charge in [-0.1, -0.05) is 29.8 Å². The molecule has 0 saturated heterocycles. The second-order valence-electron chi connectivity index (χ2n) is 6.81. The van der Waals surface area contributed by atoms with Gasteiger partial charge in [0, 0.05) is 12.6 Å². The molecule has 0 bridgehead atoms. The molecule has 2 aromatic rings. The first-order valence-electron chi connectivity index (χ1n) is 9.34. The zero-order valence-electron chi connectivity index (χ0n) is 17.2. The topological polar surface area (TPSA) is 74.6 Å². The summed E-state index contributed by atoms with van der Waals surface area (Å²) in [6.07, 6.45) is 0. The zero-order valence-corrected chi connectivity index (χ0v) is 18.7. The van der Waals surface area contributed by atoms with E-state index in [9.17, 15) is 4.79 Å². The predicted molar refractivity (Wildman–Crippen MR) is 116 cm³/mol. The summed E-state index contributed by atoms with van der Waals surface area (Å²) >= 11 is 3.38. The third-order valence-electron chi connectivity index (χ3n) is 4.36. The highest BCUT2D eigenvalue weighted by Gasteiger charge is 2.17. The number of carbonyl (C=O) groups excluding carboxylic acids is 1. The van der Waals surface area contributed by atoms with Crippen molar-refractivity contribution in [3.63, 3.8) is 0 Å². The summed E-state index contributed by atoms with van der Waals surface area (Å²) < 4.78 is 11.8. The fourth-order valence-electron chi connectivity index (χ4n) is 2.82. The quantitative estimate of drug-likeness (QED) is 0.616. The Morgan fingerprint density at radius 1 is 1.24 bits per heavy atom. The van der Waals surface area contributed by atoms with Crippen molar-refractivity contribution in [1.82, 2.24) is 10.2 Å². The third-order valence-corrected chi connectivity index (χ3v) is 4.95. The van der Waals surface area contributed by atoms with Gasteiger partial charge < -0.3 is 19.7 Å². The summed E-state index contributed by atoms with van der Waals surface area (Å²) in [5.41, 5.74) is 2.78. The van der Waals surface area contributed by atoms with E-state index in [-0.39, 0.29) is 18.6 Å². The van der Waals surface area contributed by atoms with Crippen LogP contribution in [-0.2, 0) is 4.79 Å². The fraction of sp³-hybridized carbons (Fsp3) is 0.364. The van der Waals surface area contributed by atoms with Crippen molar-refractivity contribution in [2.75, 3.05) is 33.9 Å². The predicted octanol–water partition coefficient (Wildman–Crippen LogP) is 3.83. The van der Waals surface area contributed by atoms with Gasteiger partial charge in [-0.2, -0.15) is 5.26 Å². The van der Waals surface area contributed by atoms with E-state index < -0.39 is 0 Å². The smallest absolute Gasteiger partial charge is 0.258 e. The molecular formula is C22H26BrN3O3. The number of amides is 1. The zero-order chi connectivity index (χ0) is 21.4. The highest BCUT2D eigenvalue weighted by atomic mass is 79.9. The number of ether oxygens (including phenoxy) is 2. The molecule has 0 fully saturated rings. The van der Waals surface area contributed by atoms with Crippen LogP contribution in [0.2, 0.25) is 0 Å². The van der Waals surface area contributed by atoms with Crippen LogP contribution in [0.1, 0.15) is 29.7 Å². The van der Waals surface area contributed by atoms with Gasteiger partial charge in [0.15, 0.2) is 18.1 Å². The van der Waals surface area contributed by atoms with Crippen molar-refractivity contribution in [3.05, 3.63) is 57.6 Å². The van der Waals surface area contributed by atoms with Crippen LogP contribution in [0.25, 0.3) is 0 Å². The number of hydrogen-bond donors (Lipinski definition) is 1. The van der Waals surface area contributed by atoms with E-state index in [4.69, 9.17) is 14.7 Å². The summed E-state index contributed by atoms with van der Waals surface area (Å²) in [6, 6.07) is 13.6. The largest absolute Gasteiger partial charge is 0.490 e. The number of aryl methyl sites for hydroxylation is 1. The van der Waals surface area contributed by atoms with Gasteiger partial charge in [-0.05, 0) is 55.5 Å². The van der Waals surface area contributed by atoms with E-state index in [1.807, 2.05) is 27.9 Å². The minimum absolute atomic E-state index is 0.0557. The van der Waals surface area contributed by atoms with E-state index in [1.54, 1.807) is 12.1 Å². The van der Waals surface area contributed by atoms with Gasteiger partial charge in [0.25, 0.3) is 5.91 Å². The highest BCUT2D eigenvalue weighted by Crippen LogP contribution is 2.36. The van der Waals surface area contributed by atoms with Crippen LogP contribution in [0.5, 0.6) is 11.5 Å². The maximum atomic E-state index is 12.4. The summed E-state index contributed by atoms with van der Waals surface area (Å²) in [7, 11) is 3.96. The van der Waals surface area contributed by atoms with Crippen molar-refractivity contribution >= 4 is 21.8 Å². The van der Waals surface area contributed by atoms with E-state index in [1.165, 1.54) is 5.56 Å². The Kier molecular flexibility index (Phi) is 8.50. The Bertz CT molecular complexity index is 876. The summed E-state index contributed by atoms with van der Waals surface area (Å²) in [6.45, 7) is 4.62. The first-order valence-corrected chi connectivity index (χ1v) is 10.1. The lowest BCUT2D eigenvalue weighted by Gasteiger charge is -2.25. The molecule has 29 heavy (non-hydrogen) atoms. The number of hydrogen-bond acceptors (Lipinski definition) is 5. The minimum atomic E-state index is -0.234. The molecule has 1 atom stereocenters. The normalized spacial score (nSPS) is 11.6. The Morgan fingerprint density at radius 3 is 2.52 bits per heavy atom. The van der Waals surface area contributed by atoms with Crippen molar-refractivity contribution in [2.45, 2.75) is 19.9 Å². The van der Waals surface area contributed by atoms with Crippen molar-refractivity contribution in [1.29, 1.82) is 5.26 Å². The molecular weight excluding hydrogens is 434 g/mol. The number of rotatable bonds is 9. The molecule has 0 aliphatic heterocycles. The van der Waals surface area contributed by atoms with Crippen LogP contribution < -0.4 is 14.8 Å². The number of likely N-dealkylation sites (N-methyl/N-ethyl adjacent to an activating group) is 1. The first-order chi connectivity index (χ1) is 13.8. The van der Waals surface area contributed by atoms with Crippen LogP contribution in [0.4, 0.5) is 0 Å². The van der Waals surface area contributed by atoms with Gasteiger partial charge >= 0.3 is 0 Å². The molecule has 0 saturated carbocycles. The van der Waals surface area contributed by atoms with Gasteiger partial charge in [0.2, 0.25) is 0 Å². The number of nitriles is 1. The molecule has 0 heterocycles. The van der Waals surface area contributed by atoms with Gasteiger partial charge in [0.05, 0.1) is 28.8 Å². The first kappa shape index (κ1) is 22.7. The van der Waals surface area contributed by atoms with Gasteiger partial charge in [-0.3, -0.25) is 4.79 Å². The molecule has 1 N–H and O–H groups in total. The molecule has 2 aromatic carbocycles. The number of nitrogens with one attached hydrogen (secondary N) is 1. The Labute approximate surface area is 180 Å². The lowest BCUT2D eigenvalue weighted by Crippen LogP contribution is -2.36. The van der Waals surface area contributed by atoms with Gasteiger partial charge in [0.1, 0.15) is 0 Å². The summed E-state index contributed by atoms with van der Waals surface area (Å²) in [4.78, 5) is 14.4. The molecule has 0 radical (unpaired) electrons. The van der Waals surface area contributed by atoms with E-state index in [0.29, 0.717) is 34.7 Å². The van der Waals surface area contributed by atoms with Gasteiger partial charge in [-0.15, -0.1) is 0 Å². The lowest BCUT2D eigenvalue weighted by molar-refractivity contribution is -0.123. The molecule has 1 amide bonds. The van der Waals surface area contributed by atoms with Crippen molar-refractivity contribution in [2.24, 2.45) is 0 Å². The van der Waals surface area contributed by atoms with E-state index in [2.05, 4.69) is 56.5 Å². The lowest BCUT2D eigenvalue weighted by atomic mass is 10.0. The average Bonchev–Trinajstić information content (AvgIpc) is 2.68. The standard InChI is InChI=1S/C22H26BrN3O3/c1-5-28-20-11-16(12-24)10-18(23)22(20)29-14-21(27)25-13-19(26(3)4)17-8-6-15(2)7-9-17/h6-11,19H,5,13-14H2,1-4H3,(H,25,27). The maximum absolute atomic E-state index is 12.4. The number of nitrogens with zero attached hydrogens (tertiary/aromatic N) is 2. The Morgan fingerprint density at radius 2 is 1.93 bits per heavy atom. The molecule has 6 nitrogen and oxygen atoms in total. The molecule has 0 aromatic heterocycles. The molecule has 1 unspecified atom stereocenters. The second-order valence-corrected chi connectivity index (χ2v) is 7.67. The van der Waals surface area contributed by atoms with Crippen molar-refractivity contribution in [3.8, 4) is 17.6 Å². The van der Waals surface area contributed by atoms with Crippen LogP contribution in [0, 0.1) is 18.3 Å². The molecule has 7 heteroatoms.